The molecule has 2 aliphatic heterocycles. The molecular formula is C14H23N3O2. The van der Waals surface area contributed by atoms with Gasteiger partial charge in [0.1, 0.15) is 5.76 Å². The number of aryl methyl sites for hydroxylation is 1. The van der Waals surface area contributed by atoms with Crippen molar-refractivity contribution < 1.29 is 9.26 Å². The van der Waals surface area contributed by atoms with Crippen molar-refractivity contribution >= 4 is 0 Å². The Bertz CT molecular complexity index is 430. The summed E-state index contributed by atoms with van der Waals surface area (Å²) < 4.78 is 11.3. The lowest BCUT2D eigenvalue weighted by Gasteiger charge is -2.47. The van der Waals surface area contributed by atoms with E-state index in [1.54, 1.807) is 0 Å². The largest absolute Gasteiger partial charge is 0.371 e. The zero-order chi connectivity index (χ0) is 13.3. The lowest BCUT2D eigenvalue weighted by molar-refractivity contribution is -0.136. The Morgan fingerprint density at radius 1 is 1.37 bits per heavy atom. The molecule has 1 spiro atoms. The highest BCUT2D eigenvalue weighted by molar-refractivity contribution is 5.04. The van der Waals surface area contributed by atoms with Crippen LogP contribution in [0.2, 0.25) is 0 Å². The number of ether oxygens (including phenoxy) is 1. The molecule has 0 amide bonds. The molecule has 5 nitrogen and oxygen atoms in total. The van der Waals surface area contributed by atoms with Crippen molar-refractivity contribution in [3.05, 3.63) is 17.5 Å². The molecule has 1 aromatic heterocycles. The smallest absolute Gasteiger partial charge is 0.133 e. The topological polar surface area (TPSA) is 41.7 Å². The van der Waals surface area contributed by atoms with E-state index in [0.29, 0.717) is 0 Å². The molecule has 0 radical (unpaired) electrons. The van der Waals surface area contributed by atoms with E-state index >= 15 is 0 Å². The summed E-state index contributed by atoms with van der Waals surface area (Å²) in [5.41, 5.74) is 1.06. The molecule has 2 saturated heterocycles. The van der Waals surface area contributed by atoms with Crippen LogP contribution >= 0.6 is 0 Å². The highest BCUT2D eigenvalue weighted by Gasteiger charge is 2.39. The van der Waals surface area contributed by atoms with Crippen molar-refractivity contribution in [3.8, 4) is 0 Å². The first-order valence-corrected chi connectivity index (χ1v) is 7.12. The first-order valence-electron chi connectivity index (χ1n) is 7.12. The molecule has 1 atom stereocenters. The van der Waals surface area contributed by atoms with Crippen LogP contribution in [-0.2, 0) is 11.3 Å². The van der Waals surface area contributed by atoms with E-state index < -0.39 is 0 Å². The van der Waals surface area contributed by atoms with Gasteiger partial charge < -0.3 is 14.2 Å². The minimum absolute atomic E-state index is 0.0318. The average Bonchev–Trinajstić information content (AvgIpc) is 2.74. The Hall–Kier alpha value is -0.910. The molecule has 19 heavy (non-hydrogen) atoms. The standard InChI is InChI=1S/C14H23N3O2/c1-12-8-13(15-19-12)9-17-5-3-4-14(11-17)10-16(2)6-7-18-14/h8H,3-7,9-11H2,1-2H3. The molecule has 2 aliphatic rings. The molecule has 106 valence electrons. The number of rotatable bonds is 2. The van der Waals surface area contributed by atoms with Gasteiger partial charge in [0.05, 0.1) is 17.9 Å². The van der Waals surface area contributed by atoms with Crippen LogP contribution < -0.4 is 0 Å². The fourth-order valence-electron chi connectivity index (χ4n) is 3.33. The van der Waals surface area contributed by atoms with Gasteiger partial charge in [-0.2, -0.15) is 0 Å². The lowest BCUT2D eigenvalue weighted by atomic mass is 9.91. The maximum absolute atomic E-state index is 6.12. The van der Waals surface area contributed by atoms with Gasteiger partial charge in [0.25, 0.3) is 0 Å². The van der Waals surface area contributed by atoms with Crippen molar-refractivity contribution in [2.45, 2.75) is 31.9 Å². The summed E-state index contributed by atoms with van der Waals surface area (Å²) in [6.45, 7) is 7.88. The normalized spacial score (nSPS) is 30.0. The van der Waals surface area contributed by atoms with Gasteiger partial charge in [-0.15, -0.1) is 0 Å². The van der Waals surface area contributed by atoms with Crippen molar-refractivity contribution in [2.75, 3.05) is 39.8 Å². The second kappa shape index (κ2) is 5.23. The summed E-state index contributed by atoms with van der Waals surface area (Å²) in [6.07, 6.45) is 2.37. The van der Waals surface area contributed by atoms with Gasteiger partial charge >= 0.3 is 0 Å². The van der Waals surface area contributed by atoms with Gasteiger partial charge in [-0.3, -0.25) is 4.90 Å². The van der Waals surface area contributed by atoms with Gasteiger partial charge in [-0.05, 0) is 33.4 Å². The van der Waals surface area contributed by atoms with E-state index in [-0.39, 0.29) is 5.60 Å². The summed E-state index contributed by atoms with van der Waals surface area (Å²) in [5, 5.41) is 4.09. The maximum atomic E-state index is 6.12. The van der Waals surface area contributed by atoms with Crippen LogP contribution in [0.4, 0.5) is 0 Å². The fraction of sp³-hybridized carbons (Fsp3) is 0.786. The summed E-state index contributed by atoms with van der Waals surface area (Å²) in [5.74, 6) is 0.885. The summed E-state index contributed by atoms with van der Waals surface area (Å²) >= 11 is 0. The Morgan fingerprint density at radius 2 is 2.26 bits per heavy atom. The van der Waals surface area contributed by atoms with E-state index in [1.807, 2.05) is 13.0 Å². The Labute approximate surface area is 114 Å². The molecule has 2 fully saturated rings. The molecule has 1 unspecified atom stereocenters. The molecule has 5 heteroatoms. The molecule has 3 heterocycles. The average molecular weight is 265 g/mol. The second-order valence-corrected chi connectivity index (χ2v) is 6.01. The molecule has 0 bridgehead atoms. The highest BCUT2D eigenvalue weighted by atomic mass is 16.5. The van der Waals surface area contributed by atoms with Crippen LogP contribution in [-0.4, -0.2) is 60.4 Å². The zero-order valence-corrected chi connectivity index (χ0v) is 11.9. The first kappa shape index (κ1) is 13.1. The van der Waals surface area contributed by atoms with Gasteiger partial charge in [0, 0.05) is 32.2 Å². The third kappa shape index (κ3) is 2.99. The van der Waals surface area contributed by atoms with Crippen LogP contribution in [0.5, 0.6) is 0 Å². The Kier molecular flexibility index (Phi) is 3.60. The summed E-state index contributed by atoms with van der Waals surface area (Å²) in [6, 6.07) is 2.02. The van der Waals surface area contributed by atoms with Crippen molar-refractivity contribution in [3.63, 3.8) is 0 Å². The Balaban J connectivity index is 1.64. The van der Waals surface area contributed by atoms with E-state index in [9.17, 15) is 0 Å². The SMILES string of the molecule is Cc1cc(CN2CCCC3(CN(C)CCO3)C2)no1. The molecule has 0 aromatic carbocycles. The lowest BCUT2D eigenvalue weighted by Crippen LogP contribution is -2.58. The fourth-order valence-corrected chi connectivity index (χ4v) is 3.33. The molecule has 0 saturated carbocycles. The van der Waals surface area contributed by atoms with E-state index in [2.05, 4.69) is 22.0 Å². The summed E-state index contributed by atoms with van der Waals surface area (Å²) in [7, 11) is 2.18. The third-order valence-electron chi connectivity index (χ3n) is 4.12. The van der Waals surface area contributed by atoms with Crippen LogP contribution in [0.1, 0.15) is 24.3 Å². The predicted molar refractivity (Wildman–Crippen MR) is 71.9 cm³/mol. The number of nitrogens with zero attached hydrogens (tertiary/aromatic N) is 3. The molecular weight excluding hydrogens is 242 g/mol. The van der Waals surface area contributed by atoms with Crippen LogP contribution in [0, 0.1) is 6.92 Å². The first-order chi connectivity index (χ1) is 9.15. The Morgan fingerprint density at radius 3 is 3.00 bits per heavy atom. The number of piperidine rings is 1. The van der Waals surface area contributed by atoms with Crippen LogP contribution in [0.15, 0.2) is 10.6 Å². The van der Waals surface area contributed by atoms with Crippen LogP contribution in [0.3, 0.4) is 0 Å². The zero-order valence-electron chi connectivity index (χ0n) is 11.9. The minimum atomic E-state index is 0.0318. The van der Waals surface area contributed by atoms with Gasteiger partial charge in [0.2, 0.25) is 0 Å². The highest BCUT2D eigenvalue weighted by Crippen LogP contribution is 2.29. The molecule has 1 aromatic rings. The monoisotopic (exact) mass is 265 g/mol. The summed E-state index contributed by atoms with van der Waals surface area (Å²) in [4.78, 5) is 4.83. The van der Waals surface area contributed by atoms with Gasteiger partial charge in [-0.1, -0.05) is 5.16 Å². The van der Waals surface area contributed by atoms with E-state index in [1.165, 1.54) is 12.8 Å². The quantitative estimate of drug-likeness (QED) is 0.806. The van der Waals surface area contributed by atoms with Gasteiger partial charge in [-0.25, -0.2) is 0 Å². The van der Waals surface area contributed by atoms with Crippen molar-refractivity contribution in [2.24, 2.45) is 0 Å². The van der Waals surface area contributed by atoms with Gasteiger partial charge in [0.15, 0.2) is 0 Å². The number of likely N-dealkylation sites (N-methyl/N-ethyl adjacent to an activating group) is 1. The number of likely N-dealkylation sites (tertiary alicyclic amines) is 1. The number of aromatic nitrogens is 1. The predicted octanol–water partition coefficient (Wildman–Crippen LogP) is 1.28. The molecule has 0 aliphatic carbocycles. The molecule has 0 N–H and O–H groups in total. The van der Waals surface area contributed by atoms with E-state index in [4.69, 9.17) is 9.26 Å². The van der Waals surface area contributed by atoms with Crippen molar-refractivity contribution in [1.29, 1.82) is 0 Å². The third-order valence-corrected chi connectivity index (χ3v) is 4.12. The molecule has 3 rings (SSSR count). The number of hydrogen-bond acceptors (Lipinski definition) is 5. The van der Waals surface area contributed by atoms with Crippen LogP contribution in [0.25, 0.3) is 0 Å². The second-order valence-electron chi connectivity index (χ2n) is 6.01. The maximum Gasteiger partial charge on any atom is 0.133 e. The number of hydrogen-bond donors (Lipinski definition) is 0. The minimum Gasteiger partial charge on any atom is -0.371 e. The number of morpholine rings is 1. The van der Waals surface area contributed by atoms with Crippen molar-refractivity contribution in [1.82, 2.24) is 15.0 Å². The van der Waals surface area contributed by atoms with E-state index in [0.717, 1.165) is 50.8 Å².